The molecule has 0 spiro atoms. The van der Waals surface area contributed by atoms with E-state index in [0.29, 0.717) is 29.9 Å². The van der Waals surface area contributed by atoms with E-state index in [1.165, 1.54) is 6.33 Å². The molecule has 3 heterocycles. The van der Waals surface area contributed by atoms with E-state index < -0.39 is 39.0 Å². The van der Waals surface area contributed by atoms with Crippen LogP contribution in [0.3, 0.4) is 0 Å². The van der Waals surface area contributed by atoms with Gasteiger partial charge in [0.25, 0.3) is 14.4 Å². The van der Waals surface area contributed by atoms with E-state index in [1.54, 1.807) is 30.1 Å². The van der Waals surface area contributed by atoms with Crippen molar-refractivity contribution in [3.05, 3.63) is 43.0 Å². The number of hydrogen-bond donors (Lipinski definition) is 1. The Kier molecular flexibility index (Phi) is 10.7. The van der Waals surface area contributed by atoms with E-state index >= 15 is 0 Å². The van der Waals surface area contributed by atoms with Crippen LogP contribution in [-0.4, -0.2) is 80.8 Å². The number of fused-ring (bicyclic) bond motifs is 1. The zero-order valence-corrected chi connectivity index (χ0v) is 25.4. The van der Waals surface area contributed by atoms with Crippen LogP contribution in [0.15, 0.2) is 43.0 Å². The molecule has 5 unspecified atom stereocenters. The molecule has 226 valence electrons. The Balaban J connectivity index is 1.55. The highest BCUT2D eigenvalue weighted by atomic mass is 31.2. The van der Waals surface area contributed by atoms with Crippen LogP contribution in [0.25, 0.3) is 11.2 Å². The van der Waals surface area contributed by atoms with E-state index in [9.17, 15) is 4.79 Å². The van der Waals surface area contributed by atoms with E-state index in [4.69, 9.17) is 31.1 Å². The highest BCUT2D eigenvalue weighted by Gasteiger charge is 2.48. The first-order chi connectivity index (χ1) is 20.8. The van der Waals surface area contributed by atoms with Crippen molar-refractivity contribution >= 4 is 31.4 Å². The van der Waals surface area contributed by atoms with Gasteiger partial charge in [-0.05, 0) is 46.7 Å². The number of nitrogens with zero attached hydrogens (tertiary/aromatic N) is 5. The van der Waals surface area contributed by atoms with Crippen LogP contribution in [0.2, 0.25) is 0 Å². The lowest BCUT2D eigenvalue weighted by atomic mass is 10.1. The van der Waals surface area contributed by atoms with Crippen LogP contribution in [0.1, 0.15) is 48.6 Å². The molecule has 3 aromatic rings. The summed E-state index contributed by atoms with van der Waals surface area (Å²) in [6.45, 7) is 8.38. The summed E-state index contributed by atoms with van der Waals surface area (Å²) in [5.74, 6) is 3.02. The van der Waals surface area contributed by atoms with E-state index in [-0.39, 0.29) is 31.4 Å². The maximum absolute atomic E-state index is 12.6. The fourth-order valence-corrected chi connectivity index (χ4v) is 6.45. The van der Waals surface area contributed by atoms with Crippen molar-refractivity contribution in [2.24, 2.45) is 0 Å². The molecule has 1 aromatic carbocycles. The first-order valence-electron chi connectivity index (χ1n) is 14.4. The number of methoxy groups -OCH3 is 1. The van der Waals surface area contributed by atoms with Gasteiger partial charge in [0.2, 0.25) is 0 Å². The van der Waals surface area contributed by atoms with Gasteiger partial charge >= 0.3 is 0 Å². The molecule has 12 nitrogen and oxygen atoms in total. The molecule has 1 aliphatic heterocycles. The van der Waals surface area contributed by atoms with Crippen LogP contribution in [0.5, 0.6) is 5.75 Å². The molecular weight excluding hydrogens is 559 g/mol. The van der Waals surface area contributed by atoms with Gasteiger partial charge < -0.3 is 28.6 Å². The lowest BCUT2D eigenvalue weighted by Gasteiger charge is -2.38. The quantitative estimate of drug-likeness (QED) is 0.160. The Hall–Kier alpha value is -3.17. The van der Waals surface area contributed by atoms with Crippen molar-refractivity contribution in [2.75, 3.05) is 25.6 Å². The molecule has 1 aliphatic rings. The molecule has 0 saturated carbocycles. The Morgan fingerprint density at radius 1 is 1.21 bits per heavy atom. The summed E-state index contributed by atoms with van der Waals surface area (Å²) in [7, 11) is 0.0171. The first kappa shape index (κ1) is 30.3. The molecule has 0 aliphatic carbocycles. The molecule has 1 saturated heterocycles. The number of carbonyl (C=O) groups excluding carboxylic acids is 1. The number of carbonyl (C=O) groups is 1. The number of terminal acetylenes is 1. The molecule has 42 heavy (non-hydrogen) atoms. The van der Waals surface area contributed by atoms with Crippen LogP contribution in [0, 0.1) is 12.3 Å². The molecule has 1 fully saturated rings. The summed E-state index contributed by atoms with van der Waals surface area (Å²) in [4.78, 5) is 25.7. The average Bonchev–Trinajstić information content (AvgIpc) is 3.57. The average molecular weight is 600 g/mol. The number of ether oxygens (including phenoxy) is 3. The molecule has 2 aromatic heterocycles. The summed E-state index contributed by atoms with van der Waals surface area (Å²) < 4.78 is 42.7. The minimum atomic E-state index is -1.55. The third-order valence-electron chi connectivity index (χ3n) is 6.47. The second-order valence-corrected chi connectivity index (χ2v) is 11.5. The number of imidazole rings is 1. The van der Waals surface area contributed by atoms with Crippen LogP contribution in [0.4, 0.5) is 5.82 Å². The molecule has 4 rings (SSSR count). The summed E-state index contributed by atoms with van der Waals surface area (Å²) in [6, 6.07) is 9.31. The maximum Gasteiger partial charge on any atom is 0.263 e. The number of nitrogens with one attached hydrogen (secondary N) is 1. The minimum Gasteiger partial charge on any atom is -0.484 e. The van der Waals surface area contributed by atoms with Crippen molar-refractivity contribution in [3.63, 3.8) is 0 Å². The number of para-hydroxylation sites is 1. The molecule has 0 radical (unpaired) electrons. The Labute approximate surface area is 249 Å². The monoisotopic (exact) mass is 599 g/mol. The normalized spacial score (nSPS) is 21.5. The first-order valence-corrected chi connectivity index (χ1v) is 14.9. The number of benzene rings is 1. The lowest BCUT2D eigenvalue weighted by molar-refractivity contribution is -0.118. The zero-order valence-electron chi connectivity index (χ0n) is 25.5. The largest absolute Gasteiger partial charge is 0.484 e. The molecular formula is C29H39N6O6P. The molecule has 1 amide bonds. The number of amides is 1. The van der Waals surface area contributed by atoms with Gasteiger partial charge in [-0.15, -0.1) is 12.3 Å². The van der Waals surface area contributed by atoms with E-state index in [0.717, 1.165) is 0 Å². The van der Waals surface area contributed by atoms with Crippen molar-refractivity contribution in [1.29, 1.82) is 0 Å². The second kappa shape index (κ2) is 14.8. The SMILES string of the molecule is [2H]CC1OC(n2cnc3c(NC(=O)COc4ccccc4)ncnc32)C(OC)C1OP(OCCC#C)N(C(C)C)C(C)C. The van der Waals surface area contributed by atoms with Gasteiger partial charge in [-0.25, -0.2) is 19.6 Å². The Morgan fingerprint density at radius 3 is 2.64 bits per heavy atom. The number of anilines is 1. The molecule has 13 heteroatoms. The van der Waals surface area contributed by atoms with Crippen molar-refractivity contribution in [1.82, 2.24) is 24.2 Å². The smallest absolute Gasteiger partial charge is 0.263 e. The van der Waals surface area contributed by atoms with Crippen LogP contribution < -0.4 is 10.1 Å². The topological polar surface area (TPSA) is 122 Å². The van der Waals surface area contributed by atoms with Crippen molar-refractivity contribution in [3.8, 4) is 18.1 Å². The van der Waals surface area contributed by atoms with Gasteiger partial charge in [-0.1, -0.05) is 18.2 Å². The zero-order chi connectivity index (χ0) is 30.9. The van der Waals surface area contributed by atoms with E-state index in [1.807, 2.05) is 18.2 Å². The standard InChI is InChI=1S/C29H39N6O6P/c1-8-9-15-39-42(35(19(2)3)20(4)5)41-25-21(6)40-29(26(25)37-7)34-18-32-24-27(30-17-31-28(24)34)33-23(36)16-38-22-13-11-10-12-14-22/h1,10-14,17-21,25-26,29H,9,15-16H2,2-7H3,(H,30,31,33,36)/i6D. The van der Waals surface area contributed by atoms with Crippen molar-refractivity contribution < 1.29 is 29.4 Å². The highest BCUT2D eigenvalue weighted by molar-refractivity contribution is 7.44. The fraction of sp³-hybridized carbons (Fsp3) is 0.517. The third-order valence-corrected chi connectivity index (χ3v) is 8.60. The van der Waals surface area contributed by atoms with Gasteiger partial charge in [0.15, 0.2) is 29.8 Å². The van der Waals surface area contributed by atoms with Crippen LogP contribution in [-0.2, 0) is 23.3 Å². The number of hydrogen-bond acceptors (Lipinski definition) is 10. The van der Waals surface area contributed by atoms with Crippen molar-refractivity contribution in [2.45, 2.75) is 77.6 Å². The van der Waals surface area contributed by atoms with Crippen LogP contribution >= 0.6 is 8.53 Å². The highest BCUT2D eigenvalue weighted by Crippen LogP contribution is 2.50. The van der Waals surface area contributed by atoms with Gasteiger partial charge in [0.05, 0.1) is 19.0 Å². The second-order valence-electron chi connectivity index (χ2n) is 10.1. The number of aromatic nitrogens is 4. The summed E-state index contributed by atoms with van der Waals surface area (Å²) in [5.41, 5.74) is 0.788. The Morgan fingerprint density at radius 2 is 1.98 bits per heavy atom. The summed E-state index contributed by atoms with van der Waals surface area (Å²) in [5, 5.41) is 2.75. The summed E-state index contributed by atoms with van der Waals surface area (Å²) >= 11 is 0. The van der Waals surface area contributed by atoms with E-state index in [2.05, 4.69) is 58.6 Å². The maximum atomic E-state index is 12.6. The molecule has 1 N–H and O–H groups in total. The molecule has 5 atom stereocenters. The predicted molar refractivity (Wildman–Crippen MR) is 160 cm³/mol. The summed E-state index contributed by atoms with van der Waals surface area (Å²) in [6.07, 6.45) is 6.21. The molecule has 0 bridgehead atoms. The predicted octanol–water partition coefficient (Wildman–Crippen LogP) is 4.55. The van der Waals surface area contributed by atoms with Gasteiger partial charge in [0, 0.05) is 27.0 Å². The fourth-order valence-electron chi connectivity index (χ4n) is 4.69. The Bertz CT molecular complexity index is 1360. The number of rotatable bonds is 14. The van der Waals surface area contributed by atoms with Gasteiger partial charge in [0.1, 0.15) is 24.3 Å². The lowest BCUT2D eigenvalue weighted by Crippen LogP contribution is -2.39. The third kappa shape index (κ3) is 7.42. The van der Waals surface area contributed by atoms with Gasteiger partial charge in [-0.3, -0.25) is 9.36 Å². The van der Waals surface area contributed by atoms with Gasteiger partial charge in [-0.2, -0.15) is 0 Å². The minimum absolute atomic E-state index is 0.0672.